The lowest BCUT2D eigenvalue weighted by Gasteiger charge is -2.14. The largest absolute Gasteiger partial charge is 0.447 e. The highest BCUT2D eigenvalue weighted by Crippen LogP contribution is 2.19. The summed E-state index contributed by atoms with van der Waals surface area (Å²) in [5.41, 5.74) is 6.13. The van der Waals surface area contributed by atoms with Gasteiger partial charge >= 0.3 is 5.97 Å². The van der Waals surface area contributed by atoms with E-state index < -0.39 is 23.8 Å². The van der Waals surface area contributed by atoms with Crippen molar-refractivity contribution < 1.29 is 18.7 Å². The summed E-state index contributed by atoms with van der Waals surface area (Å²) in [5.74, 6) is -1.89. The molecule has 7 heteroatoms. The van der Waals surface area contributed by atoms with E-state index in [-0.39, 0.29) is 6.42 Å². The predicted molar refractivity (Wildman–Crippen MR) is 75.0 cm³/mol. The van der Waals surface area contributed by atoms with Crippen LogP contribution in [0.25, 0.3) is 0 Å². The number of halogens is 1. The molecule has 2 aromatic rings. The first-order valence-electron chi connectivity index (χ1n) is 6.11. The summed E-state index contributed by atoms with van der Waals surface area (Å²) in [7, 11) is 0. The van der Waals surface area contributed by atoms with Crippen LogP contribution in [-0.2, 0) is 20.7 Å². The maximum absolute atomic E-state index is 12.9. The van der Waals surface area contributed by atoms with E-state index in [0.717, 1.165) is 5.01 Å². The van der Waals surface area contributed by atoms with Gasteiger partial charge in [-0.05, 0) is 19.1 Å². The fourth-order valence-electron chi connectivity index (χ4n) is 1.74. The van der Waals surface area contributed by atoms with Crippen molar-refractivity contribution in [1.82, 2.24) is 4.98 Å². The van der Waals surface area contributed by atoms with Crippen LogP contribution in [0.3, 0.4) is 0 Å². The summed E-state index contributed by atoms with van der Waals surface area (Å²) in [4.78, 5) is 27.4. The lowest BCUT2D eigenvalue weighted by Crippen LogP contribution is -2.26. The van der Waals surface area contributed by atoms with Crippen LogP contribution in [0.5, 0.6) is 0 Å². The molecule has 5 nitrogen and oxygen atoms in total. The predicted octanol–water partition coefficient (Wildman–Crippen LogP) is 1.90. The van der Waals surface area contributed by atoms with Crippen LogP contribution in [0.15, 0.2) is 29.6 Å². The van der Waals surface area contributed by atoms with Gasteiger partial charge in [-0.25, -0.2) is 9.37 Å². The second kappa shape index (κ2) is 6.45. The lowest BCUT2D eigenvalue weighted by molar-refractivity contribution is -0.154. The Bertz CT molecular complexity index is 654. The summed E-state index contributed by atoms with van der Waals surface area (Å²) in [5, 5.41) is 2.58. The van der Waals surface area contributed by atoms with E-state index in [0.29, 0.717) is 11.3 Å². The molecule has 2 N–H and O–H groups in total. The number of thiazole rings is 1. The molecule has 1 amide bonds. The minimum Gasteiger partial charge on any atom is -0.447 e. The molecule has 0 aliphatic carbocycles. The molecule has 1 aromatic heterocycles. The molecule has 1 unspecified atom stereocenters. The molecule has 110 valence electrons. The van der Waals surface area contributed by atoms with Crippen LogP contribution in [0.1, 0.15) is 22.4 Å². The van der Waals surface area contributed by atoms with Gasteiger partial charge in [0.1, 0.15) is 5.82 Å². The third kappa shape index (κ3) is 4.09. The third-order valence-electron chi connectivity index (χ3n) is 2.67. The van der Waals surface area contributed by atoms with E-state index in [1.807, 2.05) is 6.92 Å². The molecule has 1 heterocycles. The molecule has 1 atom stereocenters. The Balaban J connectivity index is 2.07. The number of esters is 1. The zero-order chi connectivity index (χ0) is 15.4. The average molecular weight is 308 g/mol. The summed E-state index contributed by atoms with van der Waals surface area (Å²) >= 11 is 1.42. The number of hydrogen-bond acceptors (Lipinski definition) is 5. The van der Waals surface area contributed by atoms with Crippen molar-refractivity contribution in [2.24, 2.45) is 5.73 Å². The van der Waals surface area contributed by atoms with Crippen molar-refractivity contribution in [3.05, 3.63) is 51.7 Å². The third-order valence-corrected chi connectivity index (χ3v) is 3.49. The monoisotopic (exact) mass is 308 g/mol. The summed E-state index contributed by atoms with van der Waals surface area (Å²) < 4.78 is 18.0. The normalized spacial score (nSPS) is 11.9. The molecule has 0 radical (unpaired) electrons. The number of hydrogen-bond donors (Lipinski definition) is 1. The molecule has 1 aromatic carbocycles. The molecule has 0 saturated carbocycles. The van der Waals surface area contributed by atoms with E-state index >= 15 is 0 Å². The maximum Gasteiger partial charge on any atom is 0.313 e. The molecule has 21 heavy (non-hydrogen) atoms. The topological polar surface area (TPSA) is 82.3 Å². The minimum absolute atomic E-state index is 0.0463. The highest BCUT2D eigenvalue weighted by Gasteiger charge is 2.23. The van der Waals surface area contributed by atoms with Gasteiger partial charge in [0, 0.05) is 10.9 Å². The first-order chi connectivity index (χ1) is 9.95. The Hall–Kier alpha value is -2.28. The van der Waals surface area contributed by atoms with E-state index in [1.54, 1.807) is 5.38 Å². The number of benzene rings is 1. The zero-order valence-corrected chi connectivity index (χ0v) is 12.0. The van der Waals surface area contributed by atoms with E-state index in [2.05, 4.69) is 4.98 Å². The Morgan fingerprint density at radius 3 is 2.57 bits per heavy atom. The first-order valence-corrected chi connectivity index (χ1v) is 6.99. The number of aromatic nitrogens is 1. The van der Waals surface area contributed by atoms with Crippen LogP contribution in [0, 0.1) is 12.7 Å². The quantitative estimate of drug-likeness (QED) is 0.855. The summed E-state index contributed by atoms with van der Waals surface area (Å²) in [6.07, 6.45) is -1.28. The molecule has 0 saturated heterocycles. The van der Waals surface area contributed by atoms with Gasteiger partial charge in [0.2, 0.25) is 6.10 Å². The maximum atomic E-state index is 12.9. The standard InChI is InChI=1S/C14H13FN2O3S/c1-8-17-11(7-21-8)6-12(18)20-13(14(16)19)9-2-4-10(15)5-3-9/h2-5,7,13H,6H2,1H3,(H2,16,19). The summed E-state index contributed by atoms with van der Waals surface area (Å²) in [6, 6.07) is 5.04. The minimum atomic E-state index is -1.24. The number of aryl methyl sites for hydroxylation is 1. The van der Waals surface area contributed by atoms with E-state index in [1.165, 1.54) is 35.6 Å². The number of rotatable bonds is 5. The molecule has 0 aliphatic heterocycles. The number of carbonyl (C=O) groups is 2. The molecule has 0 spiro atoms. The van der Waals surface area contributed by atoms with Gasteiger partial charge in [-0.3, -0.25) is 9.59 Å². The Morgan fingerprint density at radius 2 is 2.05 bits per heavy atom. The number of carbonyl (C=O) groups excluding carboxylic acids is 2. The van der Waals surface area contributed by atoms with Crippen molar-refractivity contribution in [3.63, 3.8) is 0 Å². The number of ether oxygens (including phenoxy) is 1. The lowest BCUT2D eigenvalue weighted by atomic mass is 10.1. The van der Waals surface area contributed by atoms with E-state index in [9.17, 15) is 14.0 Å². The smallest absolute Gasteiger partial charge is 0.313 e. The SMILES string of the molecule is Cc1nc(CC(=O)OC(C(N)=O)c2ccc(F)cc2)cs1. The number of nitrogens with zero attached hydrogens (tertiary/aromatic N) is 1. The Labute approximate surface area is 124 Å². The van der Waals surface area contributed by atoms with Crippen LogP contribution in [-0.4, -0.2) is 16.9 Å². The second-order valence-electron chi connectivity index (χ2n) is 4.36. The van der Waals surface area contributed by atoms with Gasteiger partial charge in [-0.15, -0.1) is 11.3 Å². The van der Waals surface area contributed by atoms with Gasteiger partial charge in [-0.2, -0.15) is 0 Å². The van der Waals surface area contributed by atoms with Crippen molar-refractivity contribution in [3.8, 4) is 0 Å². The summed E-state index contributed by atoms with van der Waals surface area (Å²) in [6.45, 7) is 1.82. The highest BCUT2D eigenvalue weighted by molar-refractivity contribution is 7.09. The number of amides is 1. The second-order valence-corrected chi connectivity index (χ2v) is 5.42. The fourth-order valence-corrected chi connectivity index (χ4v) is 2.35. The van der Waals surface area contributed by atoms with Crippen molar-refractivity contribution in [2.45, 2.75) is 19.4 Å². The van der Waals surface area contributed by atoms with Crippen LogP contribution in [0.2, 0.25) is 0 Å². The van der Waals surface area contributed by atoms with Crippen LogP contribution in [0.4, 0.5) is 4.39 Å². The molecular weight excluding hydrogens is 295 g/mol. The molecule has 0 bridgehead atoms. The fraction of sp³-hybridized carbons (Fsp3) is 0.214. The van der Waals surface area contributed by atoms with Gasteiger partial charge in [0.15, 0.2) is 0 Å². The Kier molecular flexibility index (Phi) is 4.64. The molecule has 2 rings (SSSR count). The Morgan fingerprint density at radius 1 is 1.38 bits per heavy atom. The molecule has 0 fully saturated rings. The first kappa shape index (κ1) is 15.1. The average Bonchev–Trinajstić information content (AvgIpc) is 2.82. The van der Waals surface area contributed by atoms with Crippen LogP contribution >= 0.6 is 11.3 Å². The van der Waals surface area contributed by atoms with Crippen molar-refractivity contribution >= 4 is 23.2 Å². The van der Waals surface area contributed by atoms with Gasteiger partial charge in [0.25, 0.3) is 5.91 Å². The van der Waals surface area contributed by atoms with E-state index in [4.69, 9.17) is 10.5 Å². The number of nitrogens with two attached hydrogens (primary N) is 1. The molecular formula is C14H13FN2O3S. The number of primary amides is 1. The molecule has 0 aliphatic rings. The van der Waals surface area contributed by atoms with Crippen molar-refractivity contribution in [2.75, 3.05) is 0 Å². The van der Waals surface area contributed by atoms with Gasteiger partial charge in [0.05, 0.1) is 17.1 Å². The zero-order valence-electron chi connectivity index (χ0n) is 11.2. The highest BCUT2D eigenvalue weighted by atomic mass is 32.1. The van der Waals surface area contributed by atoms with Crippen LogP contribution < -0.4 is 5.73 Å². The van der Waals surface area contributed by atoms with Gasteiger partial charge in [-0.1, -0.05) is 12.1 Å². The van der Waals surface area contributed by atoms with Gasteiger partial charge < -0.3 is 10.5 Å². The van der Waals surface area contributed by atoms with Crippen molar-refractivity contribution in [1.29, 1.82) is 0 Å².